The molecule has 1 aromatic heterocycles. The number of nitrogens with zero attached hydrogens (tertiary/aromatic N) is 1. The summed E-state index contributed by atoms with van der Waals surface area (Å²) in [7, 11) is 0. The Morgan fingerprint density at radius 3 is 2.88 bits per heavy atom. The van der Waals surface area contributed by atoms with E-state index in [1.165, 1.54) is 0 Å². The van der Waals surface area contributed by atoms with Crippen LogP contribution in [0.25, 0.3) is 10.9 Å². The van der Waals surface area contributed by atoms with Gasteiger partial charge in [0.25, 0.3) is 0 Å². The largest absolute Gasteiger partial charge is 0.393 e. The molecule has 0 amide bonds. The summed E-state index contributed by atoms with van der Waals surface area (Å²) in [4.78, 5) is 0. The first kappa shape index (κ1) is 10.6. The summed E-state index contributed by atoms with van der Waals surface area (Å²) in [5.41, 5.74) is 2.20. The first-order valence-corrected chi connectivity index (χ1v) is 6.19. The fourth-order valence-electron chi connectivity index (χ4n) is 2.53. The summed E-state index contributed by atoms with van der Waals surface area (Å²) < 4.78 is 0. The fourth-order valence-corrected chi connectivity index (χ4v) is 2.53. The summed E-state index contributed by atoms with van der Waals surface area (Å²) in [5.74, 6) is 0. The van der Waals surface area contributed by atoms with Crippen LogP contribution in [0, 0.1) is 0 Å². The third-order valence-corrected chi connectivity index (χ3v) is 3.54. The van der Waals surface area contributed by atoms with Gasteiger partial charge < -0.3 is 10.4 Å². The lowest BCUT2D eigenvalue weighted by molar-refractivity contribution is 0.126. The van der Waals surface area contributed by atoms with Gasteiger partial charge in [-0.15, -0.1) is 0 Å². The molecule has 1 aliphatic carbocycles. The summed E-state index contributed by atoms with van der Waals surface area (Å²) >= 11 is 0. The van der Waals surface area contributed by atoms with Crippen molar-refractivity contribution in [3.8, 4) is 0 Å². The van der Waals surface area contributed by atoms with E-state index in [2.05, 4.69) is 21.6 Å². The highest BCUT2D eigenvalue weighted by Gasteiger charge is 2.19. The molecule has 0 radical (unpaired) electrons. The molecule has 90 valence electrons. The van der Waals surface area contributed by atoms with Gasteiger partial charge in [-0.1, -0.05) is 6.07 Å². The van der Waals surface area contributed by atoms with Crippen molar-refractivity contribution in [2.24, 2.45) is 0 Å². The van der Waals surface area contributed by atoms with Crippen LogP contribution in [-0.4, -0.2) is 27.4 Å². The highest BCUT2D eigenvalue weighted by Crippen LogP contribution is 2.26. The topological polar surface area (TPSA) is 60.9 Å². The van der Waals surface area contributed by atoms with Gasteiger partial charge in [0.15, 0.2) is 0 Å². The monoisotopic (exact) mass is 231 g/mol. The minimum Gasteiger partial charge on any atom is -0.393 e. The Morgan fingerprint density at radius 2 is 2.06 bits per heavy atom. The second-order valence-electron chi connectivity index (χ2n) is 4.79. The Labute approximate surface area is 100 Å². The van der Waals surface area contributed by atoms with E-state index < -0.39 is 0 Å². The lowest BCUT2D eigenvalue weighted by atomic mass is 9.93. The number of hydrogen-bond acceptors (Lipinski definition) is 3. The van der Waals surface area contributed by atoms with E-state index in [0.717, 1.165) is 42.3 Å². The fraction of sp³-hybridized carbons (Fsp3) is 0.462. The zero-order valence-electron chi connectivity index (χ0n) is 9.69. The summed E-state index contributed by atoms with van der Waals surface area (Å²) in [6.45, 7) is 0. The zero-order valence-corrected chi connectivity index (χ0v) is 9.69. The molecule has 3 N–H and O–H groups in total. The van der Waals surface area contributed by atoms with Crippen LogP contribution >= 0.6 is 0 Å². The third-order valence-electron chi connectivity index (χ3n) is 3.54. The van der Waals surface area contributed by atoms with Crippen molar-refractivity contribution >= 4 is 16.6 Å². The molecule has 1 saturated carbocycles. The Morgan fingerprint density at radius 1 is 1.24 bits per heavy atom. The molecular formula is C13H17N3O. The van der Waals surface area contributed by atoms with Gasteiger partial charge in [-0.3, -0.25) is 5.10 Å². The van der Waals surface area contributed by atoms with Gasteiger partial charge in [-0.2, -0.15) is 5.10 Å². The first-order chi connectivity index (χ1) is 8.33. The summed E-state index contributed by atoms with van der Waals surface area (Å²) in [5, 5.41) is 21.2. The van der Waals surface area contributed by atoms with Crippen molar-refractivity contribution in [2.75, 3.05) is 5.32 Å². The maximum Gasteiger partial charge on any atom is 0.0671 e. The molecule has 1 fully saturated rings. The number of rotatable bonds is 2. The number of fused-ring (bicyclic) bond motifs is 1. The Balaban J connectivity index is 1.78. The van der Waals surface area contributed by atoms with E-state index in [1.54, 1.807) is 0 Å². The van der Waals surface area contributed by atoms with Crippen LogP contribution in [0.1, 0.15) is 25.7 Å². The summed E-state index contributed by atoms with van der Waals surface area (Å²) in [6.07, 6.45) is 5.64. The number of aromatic nitrogens is 2. The lowest BCUT2D eigenvalue weighted by Gasteiger charge is -2.27. The number of nitrogens with one attached hydrogen (secondary N) is 2. The van der Waals surface area contributed by atoms with Gasteiger partial charge in [-0.05, 0) is 37.8 Å². The average Bonchev–Trinajstić information content (AvgIpc) is 2.81. The molecule has 0 atom stereocenters. The maximum atomic E-state index is 9.49. The van der Waals surface area contributed by atoms with Gasteiger partial charge in [0.2, 0.25) is 0 Å². The van der Waals surface area contributed by atoms with Gasteiger partial charge >= 0.3 is 0 Å². The normalized spacial score (nSPS) is 25.0. The predicted molar refractivity (Wildman–Crippen MR) is 68.0 cm³/mol. The first-order valence-electron chi connectivity index (χ1n) is 6.19. The molecule has 1 heterocycles. The van der Waals surface area contributed by atoms with E-state index in [9.17, 15) is 5.11 Å². The Hall–Kier alpha value is -1.55. The molecule has 0 bridgehead atoms. The second-order valence-corrected chi connectivity index (χ2v) is 4.79. The maximum absolute atomic E-state index is 9.49. The van der Waals surface area contributed by atoms with Gasteiger partial charge in [0.1, 0.15) is 0 Å². The molecule has 0 saturated heterocycles. The number of H-pyrrole nitrogens is 1. The van der Waals surface area contributed by atoms with Crippen LogP contribution < -0.4 is 5.32 Å². The number of hydrogen-bond donors (Lipinski definition) is 3. The minimum absolute atomic E-state index is 0.0993. The van der Waals surface area contributed by atoms with Crippen molar-refractivity contribution in [1.82, 2.24) is 10.2 Å². The smallest absolute Gasteiger partial charge is 0.0671 e. The highest BCUT2D eigenvalue weighted by atomic mass is 16.3. The molecule has 4 heteroatoms. The highest BCUT2D eigenvalue weighted by molar-refractivity contribution is 5.90. The van der Waals surface area contributed by atoms with Crippen molar-refractivity contribution < 1.29 is 5.11 Å². The molecule has 0 aliphatic heterocycles. The Kier molecular flexibility index (Phi) is 2.73. The second kappa shape index (κ2) is 4.37. The van der Waals surface area contributed by atoms with E-state index in [0.29, 0.717) is 6.04 Å². The molecule has 2 aromatic rings. The summed E-state index contributed by atoms with van der Waals surface area (Å²) in [6, 6.07) is 6.61. The van der Waals surface area contributed by atoms with Crippen LogP contribution in [0.5, 0.6) is 0 Å². The number of aromatic amines is 1. The number of aliphatic hydroxyl groups is 1. The van der Waals surface area contributed by atoms with Crippen LogP contribution in [0.2, 0.25) is 0 Å². The van der Waals surface area contributed by atoms with Crippen LogP contribution in [-0.2, 0) is 0 Å². The minimum atomic E-state index is -0.0993. The number of anilines is 1. The quantitative estimate of drug-likeness (QED) is 0.743. The van der Waals surface area contributed by atoms with E-state index in [-0.39, 0.29) is 6.10 Å². The van der Waals surface area contributed by atoms with E-state index in [1.807, 2.05) is 18.3 Å². The van der Waals surface area contributed by atoms with Crippen LogP contribution in [0.15, 0.2) is 24.4 Å². The van der Waals surface area contributed by atoms with Gasteiger partial charge in [0, 0.05) is 17.1 Å². The van der Waals surface area contributed by atoms with Crippen molar-refractivity contribution in [3.05, 3.63) is 24.4 Å². The lowest BCUT2D eigenvalue weighted by Crippen LogP contribution is -2.28. The number of benzene rings is 1. The van der Waals surface area contributed by atoms with E-state index >= 15 is 0 Å². The number of aliphatic hydroxyl groups excluding tert-OH is 1. The van der Waals surface area contributed by atoms with Gasteiger partial charge in [-0.25, -0.2) is 0 Å². The standard InChI is InChI=1S/C13H17N3O/c17-10-6-4-9(5-7-10)15-12-2-1-3-13-11(12)8-14-16-13/h1-3,8-10,15,17H,4-7H2,(H,14,16). The van der Waals surface area contributed by atoms with Gasteiger partial charge in [0.05, 0.1) is 17.8 Å². The molecule has 3 rings (SSSR count). The SMILES string of the molecule is OC1CCC(Nc2cccc3[nH]ncc23)CC1. The van der Waals surface area contributed by atoms with Crippen LogP contribution in [0.3, 0.4) is 0 Å². The average molecular weight is 231 g/mol. The zero-order chi connectivity index (χ0) is 11.7. The van der Waals surface area contributed by atoms with Crippen molar-refractivity contribution in [1.29, 1.82) is 0 Å². The molecule has 1 aromatic carbocycles. The van der Waals surface area contributed by atoms with E-state index in [4.69, 9.17) is 0 Å². The van der Waals surface area contributed by atoms with Crippen molar-refractivity contribution in [3.63, 3.8) is 0 Å². The van der Waals surface area contributed by atoms with Crippen LogP contribution in [0.4, 0.5) is 5.69 Å². The molecule has 0 unspecified atom stereocenters. The third kappa shape index (κ3) is 2.13. The predicted octanol–water partition coefficient (Wildman–Crippen LogP) is 2.28. The molecule has 4 nitrogen and oxygen atoms in total. The Bertz CT molecular complexity index is 500. The molecule has 17 heavy (non-hydrogen) atoms. The molecular weight excluding hydrogens is 214 g/mol. The molecule has 1 aliphatic rings. The molecule has 0 spiro atoms. The van der Waals surface area contributed by atoms with Crippen molar-refractivity contribution in [2.45, 2.75) is 37.8 Å².